The predicted octanol–water partition coefficient (Wildman–Crippen LogP) is 2.11. The summed E-state index contributed by atoms with van der Waals surface area (Å²) in [5.74, 6) is 0.685. The molecule has 0 aromatic carbocycles. The van der Waals surface area contributed by atoms with Gasteiger partial charge in [0.2, 0.25) is 5.95 Å². The van der Waals surface area contributed by atoms with Crippen LogP contribution in [0.4, 0.5) is 5.95 Å². The van der Waals surface area contributed by atoms with Crippen LogP contribution in [0.2, 0.25) is 0 Å². The zero-order chi connectivity index (χ0) is 16.2. The third-order valence-electron chi connectivity index (χ3n) is 4.84. The van der Waals surface area contributed by atoms with E-state index in [1.807, 2.05) is 24.4 Å². The van der Waals surface area contributed by atoms with Gasteiger partial charge in [0.25, 0.3) is 0 Å². The molecule has 0 saturated carbocycles. The minimum Gasteiger partial charge on any atom is -0.371 e. The molecule has 4 rings (SSSR count). The summed E-state index contributed by atoms with van der Waals surface area (Å²) in [5, 5.41) is 3.40. The molecule has 2 aromatic heterocycles. The van der Waals surface area contributed by atoms with Crippen LogP contribution in [0.15, 0.2) is 42.9 Å². The minimum absolute atomic E-state index is 0.0422. The molecule has 0 aliphatic carbocycles. The molecular formula is C18H23N5O. The molecule has 1 spiro atoms. The summed E-state index contributed by atoms with van der Waals surface area (Å²) in [6.45, 7) is 3.69. The Kier molecular flexibility index (Phi) is 4.40. The first kappa shape index (κ1) is 15.5. The fraction of sp³-hybridized carbons (Fsp3) is 0.500. The van der Waals surface area contributed by atoms with Gasteiger partial charge in [-0.15, -0.1) is 0 Å². The monoisotopic (exact) mass is 325 g/mol. The Balaban J connectivity index is 1.37. The van der Waals surface area contributed by atoms with Gasteiger partial charge in [0, 0.05) is 38.1 Å². The number of hydrogen-bond acceptors (Lipinski definition) is 6. The maximum Gasteiger partial charge on any atom is 0.222 e. The standard InChI is InChI=1S/C18H23N5O/c1-2-7-19-15(5-1)12-23-10-3-6-18(14-23)11-16(13-24-18)22-17-20-8-4-9-21-17/h1-2,4-5,7-9,16H,3,6,10-14H2,(H,20,21,22)/t16-,18+/m0/s1. The molecule has 1 N–H and O–H groups in total. The zero-order valence-electron chi connectivity index (χ0n) is 13.8. The lowest BCUT2D eigenvalue weighted by Gasteiger charge is -2.39. The number of pyridine rings is 1. The number of anilines is 1. The van der Waals surface area contributed by atoms with Gasteiger partial charge in [0.15, 0.2) is 0 Å². The number of rotatable bonds is 4. The number of hydrogen-bond donors (Lipinski definition) is 1. The highest BCUT2D eigenvalue weighted by Gasteiger charge is 2.43. The van der Waals surface area contributed by atoms with Crippen molar-refractivity contribution in [3.8, 4) is 0 Å². The van der Waals surface area contributed by atoms with Crippen molar-refractivity contribution >= 4 is 5.95 Å². The zero-order valence-corrected chi connectivity index (χ0v) is 13.8. The Morgan fingerprint density at radius 3 is 2.88 bits per heavy atom. The van der Waals surface area contributed by atoms with E-state index in [1.54, 1.807) is 12.4 Å². The third kappa shape index (κ3) is 3.55. The first-order valence-corrected chi connectivity index (χ1v) is 8.61. The van der Waals surface area contributed by atoms with Gasteiger partial charge in [-0.1, -0.05) is 6.07 Å². The molecule has 2 aromatic rings. The summed E-state index contributed by atoms with van der Waals surface area (Å²) < 4.78 is 6.25. The molecule has 0 unspecified atom stereocenters. The smallest absolute Gasteiger partial charge is 0.222 e. The van der Waals surface area contributed by atoms with Crippen molar-refractivity contribution in [1.29, 1.82) is 0 Å². The topological polar surface area (TPSA) is 63.2 Å². The summed E-state index contributed by atoms with van der Waals surface area (Å²) in [5.41, 5.74) is 1.08. The molecule has 2 atom stereocenters. The van der Waals surface area contributed by atoms with Gasteiger partial charge in [-0.05, 0) is 37.6 Å². The summed E-state index contributed by atoms with van der Waals surface area (Å²) >= 11 is 0. The van der Waals surface area contributed by atoms with Gasteiger partial charge in [-0.2, -0.15) is 0 Å². The molecule has 4 heterocycles. The highest BCUT2D eigenvalue weighted by molar-refractivity contribution is 5.25. The highest BCUT2D eigenvalue weighted by Crippen LogP contribution is 2.35. The molecule has 0 bridgehead atoms. The molecule has 6 heteroatoms. The van der Waals surface area contributed by atoms with Crippen molar-refractivity contribution in [2.45, 2.75) is 37.5 Å². The van der Waals surface area contributed by atoms with E-state index in [9.17, 15) is 0 Å². The van der Waals surface area contributed by atoms with Crippen LogP contribution in [-0.2, 0) is 11.3 Å². The molecule has 2 fully saturated rings. The predicted molar refractivity (Wildman–Crippen MR) is 91.5 cm³/mol. The molecule has 0 amide bonds. The molecule has 2 aliphatic heterocycles. The summed E-state index contributed by atoms with van der Waals surface area (Å²) in [6.07, 6.45) is 8.68. The normalized spacial score (nSPS) is 27.4. The first-order chi connectivity index (χ1) is 11.8. The first-order valence-electron chi connectivity index (χ1n) is 8.61. The van der Waals surface area contributed by atoms with Crippen molar-refractivity contribution in [2.24, 2.45) is 0 Å². The molecule has 0 radical (unpaired) electrons. The molecular weight excluding hydrogens is 302 g/mol. The molecule has 24 heavy (non-hydrogen) atoms. The van der Waals surface area contributed by atoms with Crippen LogP contribution in [0.25, 0.3) is 0 Å². The Labute approximate surface area is 142 Å². The number of ether oxygens (including phenoxy) is 1. The Morgan fingerprint density at radius 2 is 2.04 bits per heavy atom. The number of nitrogens with one attached hydrogen (secondary N) is 1. The van der Waals surface area contributed by atoms with E-state index in [4.69, 9.17) is 4.74 Å². The number of likely N-dealkylation sites (tertiary alicyclic amines) is 1. The number of nitrogens with zero attached hydrogens (tertiary/aromatic N) is 4. The van der Waals surface area contributed by atoms with Crippen LogP contribution in [-0.4, -0.2) is 51.2 Å². The van der Waals surface area contributed by atoms with E-state index in [-0.39, 0.29) is 11.6 Å². The van der Waals surface area contributed by atoms with Crippen LogP contribution in [0.1, 0.15) is 25.0 Å². The van der Waals surface area contributed by atoms with E-state index >= 15 is 0 Å². The second-order valence-corrected chi connectivity index (χ2v) is 6.75. The second kappa shape index (κ2) is 6.83. The van der Waals surface area contributed by atoms with Crippen molar-refractivity contribution < 1.29 is 4.74 Å². The Bertz CT molecular complexity index is 653. The lowest BCUT2D eigenvalue weighted by atomic mass is 9.88. The quantitative estimate of drug-likeness (QED) is 0.929. The fourth-order valence-electron chi connectivity index (χ4n) is 3.82. The lowest BCUT2D eigenvalue weighted by Crippen LogP contribution is -2.47. The molecule has 6 nitrogen and oxygen atoms in total. The molecule has 2 saturated heterocycles. The largest absolute Gasteiger partial charge is 0.371 e. The Hall–Kier alpha value is -2.05. The van der Waals surface area contributed by atoms with Crippen molar-refractivity contribution in [3.05, 3.63) is 48.5 Å². The van der Waals surface area contributed by atoms with Crippen LogP contribution >= 0.6 is 0 Å². The van der Waals surface area contributed by atoms with Gasteiger partial charge >= 0.3 is 0 Å². The SMILES string of the molecule is c1ccc(CN2CCC[C@@]3(C[C@H](Nc4ncccn4)CO3)C2)nc1. The van der Waals surface area contributed by atoms with E-state index in [1.165, 1.54) is 6.42 Å². The molecule has 2 aliphatic rings. The maximum atomic E-state index is 6.25. The van der Waals surface area contributed by atoms with Gasteiger partial charge in [-0.3, -0.25) is 9.88 Å². The average molecular weight is 325 g/mol. The second-order valence-electron chi connectivity index (χ2n) is 6.75. The number of piperidine rings is 1. The minimum atomic E-state index is -0.0422. The summed E-state index contributed by atoms with van der Waals surface area (Å²) in [7, 11) is 0. The van der Waals surface area contributed by atoms with Crippen molar-refractivity contribution in [1.82, 2.24) is 19.9 Å². The summed E-state index contributed by atoms with van der Waals surface area (Å²) in [4.78, 5) is 15.4. The third-order valence-corrected chi connectivity index (χ3v) is 4.84. The average Bonchev–Trinajstić information content (AvgIpc) is 2.98. The van der Waals surface area contributed by atoms with E-state index < -0.39 is 0 Å². The fourth-order valence-corrected chi connectivity index (χ4v) is 3.82. The van der Waals surface area contributed by atoms with E-state index in [0.717, 1.165) is 44.8 Å². The number of aromatic nitrogens is 3. The van der Waals surface area contributed by atoms with E-state index in [0.29, 0.717) is 5.95 Å². The van der Waals surface area contributed by atoms with Gasteiger partial charge in [0.05, 0.1) is 23.9 Å². The van der Waals surface area contributed by atoms with Crippen molar-refractivity contribution in [3.63, 3.8) is 0 Å². The Morgan fingerprint density at radius 1 is 1.17 bits per heavy atom. The van der Waals surface area contributed by atoms with Crippen molar-refractivity contribution in [2.75, 3.05) is 25.0 Å². The van der Waals surface area contributed by atoms with Crippen LogP contribution in [0.5, 0.6) is 0 Å². The molecule has 126 valence electrons. The van der Waals surface area contributed by atoms with Crippen LogP contribution in [0.3, 0.4) is 0 Å². The van der Waals surface area contributed by atoms with Gasteiger partial charge in [0.1, 0.15) is 0 Å². The lowest BCUT2D eigenvalue weighted by molar-refractivity contribution is -0.0535. The maximum absolute atomic E-state index is 6.25. The van der Waals surface area contributed by atoms with E-state index in [2.05, 4.69) is 31.2 Å². The van der Waals surface area contributed by atoms with Gasteiger partial charge in [-0.25, -0.2) is 9.97 Å². The van der Waals surface area contributed by atoms with Crippen LogP contribution in [0, 0.1) is 0 Å². The van der Waals surface area contributed by atoms with Gasteiger partial charge < -0.3 is 10.1 Å². The summed E-state index contributed by atoms with van der Waals surface area (Å²) in [6, 6.07) is 8.21. The van der Waals surface area contributed by atoms with Crippen LogP contribution < -0.4 is 5.32 Å². The highest BCUT2D eigenvalue weighted by atomic mass is 16.5.